The number of thioether (sulfide) groups is 1. The summed E-state index contributed by atoms with van der Waals surface area (Å²) in [5.74, 6) is 0.370. The van der Waals surface area contributed by atoms with Crippen molar-refractivity contribution in [2.45, 2.75) is 13.5 Å². The molecule has 9 heteroatoms. The van der Waals surface area contributed by atoms with E-state index < -0.39 is 5.56 Å². The van der Waals surface area contributed by atoms with E-state index in [1.54, 1.807) is 11.8 Å². The second kappa shape index (κ2) is 5.31. The molecule has 3 N–H and O–H groups in total. The Hall–Kier alpha value is -2.03. The van der Waals surface area contributed by atoms with Gasteiger partial charge in [-0.1, -0.05) is 0 Å². The number of nitrogens with one attached hydrogen (secondary N) is 3. The summed E-state index contributed by atoms with van der Waals surface area (Å²) >= 11 is 1.57. The van der Waals surface area contributed by atoms with Gasteiger partial charge in [-0.3, -0.25) is 29.4 Å². The third-order valence-corrected chi connectivity index (χ3v) is 3.04. The van der Waals surface area contributed by atoms with Gasteiger partial charge in [0.25, 0.3) is 5.56 Å². The number of carbonyl (C=O) groups is 1. The van der Waals surface area contributed by atoms with E-state index in [9.17, 15) is 14.4 Å². The standard InChI is InChI=1S/C10H13N5O3S/c1-5(16)11-9-12-7-6(8(17)14-9)15(3-4-19-2)10(18)13-7/h3-4H2,1-2H3,(H3,11,12,13,14,16,17,18). The van der Waals surface area contributed by atoms with Crippen LogP contribution < -0.4 is 16.6 Å². The van der Waals surface area contributed by atoms with Crippen molar-refractivity contribution in [3.63, 3.8) is 0 Å². The van der Waals surface area contributed by atoms with Crippen LogP contribution in [0.25, 0.3) is 11.2 Å². The Kier molecular flexibility index (Phi) is 3.74. The number of hydrogen-bond donors (Lipinski definition) is 3. The number of amides is 1. The predicted molar refractivity (Wildman–Crippen MR) is 73.7 cm³/mol. The van der Waals surface area contributed by atoms with Gasteiger partial charge in [0, 0.05) is 19.2 Å². The van der Waals surface area contributed by atoms with Crippen LogP contribution in [0.2, 0.25) is 0 Å². The molecule has 0 radical (unpaired) electrons. The van der Waals surface area contributed by atoms with Crippen molar-refractivity contribution in [1.29, 1.82) is 0 Å². The van der Waals surface area contributed by atoms with Gasteiger partial charge in [0.1, 0.15) is 0 Å². The van der Waals surface area contributed by atoms with Crippen LogP contribution in [0.5, 0.6) is 0 Å². The fourth-order valence-corrected chi connectivity index (χ4v) is 2.06. The highest BCUT2D eigenvalue weighted by Gasteiger charge is 2.13. The lowest BCUT2D eigenvalue weighted by molar-refractivity contribution is -0.114. The van der Waals surface area contributed by atoms with Gasteiger partial charge in [-0.15, -0.1) is 0 Å². The van der Waals surface area contributed by atoms with Gasteiger partial charge in [-0.05, 0) is 6.26 Å². The van der Waals surface area contributed by atoms with E-state index in [4.69, 9.17) is 0 Å². The predicted octanol–water partition coefficient (Wildman–Crippen LogP) is -0.266. The molecule has 2 rings (SSSR count). The summed E-state index contributed by atoms with van der Waals surface area (Å²) in [6.45, 7) is 1.72. The molecule has 0 fully saturated rings. The summed E-state index contributed by atoms with van der Waals surface area (Å²) in [7, 11) is 0. The molecule has 2 aromatic rings. The zero-order valence-electron chi connectivity index (χ0n) is 10.4. The lowest BCUT2D eigenvalue weighted by Crippen LogP contribution is -2.22. The van der Waals surface area contributed by atoms with Crippen LogP contribution in [0.15, 0.2) is 9.59 Å². The van der Waals surface area contributed by atoms with Crippen molar-refractivity contribution in [2.75, 3.05) is 17.3 Å². The van der Waals surface area contributed by atoms with Crippen LogP contribution >= 0.6 is 11.8 Å². The number of anilines is 1. The maximum Gasteiger partial charge on any atom is 0.327 e. The number of carbonyl (C=O) groups excluding carboxylic acids is 1. The normalized spacial score (nSPS) is 10.8. The highest BCUT2D eigenvalue weighted by atomic mass is 32.2. The van der Waals surface area contributed by atoms with E-state index in [2.05, 4.69) is 20.3 Å². The average Bonchev–Trinajstić information content (AvgIpc) is 2.62. The summed E-state index contributed by atoms with van der Waals surface area (Å²) in [4.78, 5) is 43.5. The molecule has 0 saturated heterocycles. The summed E-state index contributed by atoms with van der Waals surface area (Å²) < 4.78 is 1.34. The van der Waals surface area contributed by atoms with Crippen LogP contribution in [0, 0.1) is 0 Å². The molecule has 2 aromatic heterocycles. The van der Waals surface area contributed by atoms with Crippen molar-refractivity contribution < 1.29 is 4.79 Å². The minimum absolute atomic E-state index is 0.0169. The number of fused-ring (bicyclic) bond motifs is 1. The van der Waals surface area contributed by atoms with Crippen LogP contribution in [-0.4, -0.2) is 37.4 Å². The summed E-state index contributed by atoms with van der Waals surface area (Å²) in [5, 5.41) is 2.37. The molecule has 0 aromatic carbocycles. The number of hydrogen-bond acceptors (Lipinski definition) is 5. The van der Waals surface area contributed by atoms with E-state index in [1.165, 1.54) is 11.5 Å². The lowest BCUT2D eigenvalue weighted by atomic mass is 10.5. The molecule has 0 atom stereocenters. The van der Waals surface area contributed by atoms with Gasteiger partial charge in [0.05, 0.1) is 0 Å². The Morgan fingerprint density at radius 2 is 2.16 bits per heavy atom. The molecule has 0 unspecified atom stereocenters. The first-order valence-electron chi connectivity index (χ1n) is 5.52. The number of aromatic amines is 2. The summed E-state index contributed by atoms with van der Waals surface area (Å²) in [6.07, 6.45) is 1.91. The molecular formula is C10H13N5O3S. The molecule has 0 bridgehead atoms. The largest absolute Gasteiger partial charge is 0.327 e. The van der Waals surface area contributed by atoms with Gasteiger partial charge in [-0.2, -0.15) is 16.7 Å². The highest BCUT2D eigenvalue weighted by molar-refractivity contribution is 7.98. The Morgan fingerprint density at radius 3 is 2.79 bits per heavy atom. The minimum Gasteiger partial charge on any atom is -0.296 e. The summed E-state index contributed by atoms with van der Waals surface area (Å²) in [5.41, 5.74) is -0.498. The van der Waals surface area contributed by atoms with Crippen LogP contribution in [0.3, 0.4) is 0 Å². The Labute approximate surface area is 111 Å². The van der Waals surface area contributed by atoms with Gasteiger partial charge in [-0.25, -0.2) is 4.79 Å². The molecule has 0 aliphatic carbocycles. The molecule has 0 spiro atoms. The van der Waals surface area contributed by atoms with Crippen molar-refractivity contribution in [1.82, 2.24) is 19.5 Å². The number of aryl methyl sites for hydroxylation is 1. The molecule has 0 aliphatic heterocycles. The number of imidazole rings is 1. The fourth-order valence-electron chi connectivity index (χ4n) is 1.70. The van der Waals surface area contributed by atoms with E-state index in [0.717, 1.165) is 0 Å². The molecule has 0 aliphatic rings. The molecule has 1 amide bonds. The Balaban J connectivity index is 2.56. The van der Waals surface area contributed by atoms with Gasteiger partial charge < -0.3 is 0 Å². The number of H-pyrrole nitrogens is 2. The minimum atomic E-state index is -0.465. The molecular weight excluding hydrogens is 270 g/mol. The van der Waals surface area contributed by atoms with Crippen molar-refractivity contribution >= 4 is 34.8 Å². The smallest absolute Gasteiger partial charge is 0.296 e. The monoisotopic (exact) mass is 283 g/mol. The first kappa shape index (κ1) is 13.4. The molecule has 8 nitrogen and oxygen atoms in total. The summed E-state index contributed by atoms with van der Waals surface area (Å²) in [6, 6.07) is 0. The zero-order chi connectivity index (χ0) is 14.0. The zero-order valence-corrected chi connectivity index (χ0v) is 11.3. The second-order valence-corrected chi connectivity index (χ2v) is 4.85. The number of aromatic nitrogens is 4. The highest BCUT2D eigenvalue weighted by Crippen LogP contribution is 2.05. The lowest BCUT2D eigenvalue weighted by Gasteiger charge is -2.02. The maximum absolute atomic E-state index is 11.9. The van der Waals surface area contributed by atoms with Crippen LogP contribution in [0.4, 0.5) is 5.95 Å². The molecule has 19 heavy (non-hydrogen) atoms. The fraction of sp³-hybridized carbons (Fsp3) is 0.400. The Morgan fingerprint density at radius 1 is 1.42 bits per heavy atom. The molecule has 102 valence electrons. The van der Waals surface area contributed by atoms with Crippen LogP contribution in [-0.2, 0) is 11.3 Å². The van der Waals surface area contributed by atoms with E-state index in [1.807, 2.05) is 6.26 Å². The third-order valence-electron chi connectivity index (χ3n) is 2.45. The van der Waals surface area contributed by atoms with Crippen LogP contribution in [0.1, 0.15) is 6.92 Å². The average molecular weight is 283 g/mol. The maximum atomic E-state index is 11.9. The molecule has 0 saturated carbocycles. The van der Waals surface area contributed by atoms with Gasteiger partial charge in [0.15, 0.2) is 11.2 Å². The first-order chi connectivity index (χ1) is 9.02. The topological polar surface area (TPSA) is 113 Å². The SMILES string of the molecule is CSCCn1c(=O)[nH]c2nc(NC(C)=O)[nH]c(=O)c21. The quantitative estimate of drug-likeness (QED) is 0.715. The van der Waals surface area contributed by atoms with Gasteiger partial charge >= 0.3 is 5.69 Å². The van der Waals surface area contributed by atoms with E-state index in [-0.39, 0.29) is 28.7 Å². The second-order valence-electron chi connectivity index (χ2n) is 3.87. The first-order valence-corrected chi connectivity index (χ1v) is 6.91. The van der Waals surface area contributed by atoms with Crippen molar-refractivity contribution in [2.24, 2.45) is 0 Å². The molecule has 2 heterocycles. The Bertz CT molecular complexity index is 729. The number of nitrogens with zero attached hydrogens (tertiary/aromatic N) is 2. The van der Waals surface area contributed by atoms with Gasteiger partial charge in [0.2, 0.25) is 11.9 Å². The third kappa shape index (κ3) is 2.70. The number of rotatable bonds is 4. The van der Waals surface area contributed by atoms with Crippen molar-refractivity contribution in [3.05, 3.63) is 20.8 Å². The van der Waals surface area contributed by atoms with E-state index in [0.29, 0.717) is 12.3 Å². The van der Waals surface area contributed by atoms with E-state index >= 15 is 0 Å². The van der Waals surface area contributed by atoms with Crippen molar-refractivity contribution in [3.8, 4) is 0 Å².